The summed E-state index contributed by atoms with van der Waals surface area (Å²) in [6.45, 7) is 13.4. The van der Waals surface area contributed by atoms with Gasteiger partial charge in [0.1, 0.15) is 30.5 Å². The van der Waals surface area contributed by atoms with E-state index in [1.807, 2.05) is 6.07 Å². The lowest BCUT2D eigenvalue weighted by molar-refractivity contribution is -0.268. The Hall–Kier alpha value is -2.00. The van der Waals surface area contributed by atoms with Crippen molar-refractivity contribution in [3.63, 3.8) is 0 Å². The van der Waals surface area contributed by atoms with Gasteiger partial charge in [-0.1, -0.05) is 102 Å². The van der Waals surface area contributed by atoms with Gasteiger partial charge in [-0.3, -0.25) is 0 Å². The Balaban J connectivity index is 2.14. The first-order valence-electron chi connectivity index (χ1n) is 18.0. The van der Waals surface area contributed by atoms with Crippen LogP contribution in [0.25, 0.3) is 0 Å². The lowest BCUT2D eigenvalue weighted by Gasteiger charge is -2.47. The molecule has 0 saturated carbocycles. The highest BCUT2D eigenvalue weighted by molar-refractivity contribution is 6.31. The third kappa shape index (κ3) is 11.8. The van der Waals surface area contributed by atoms with E-state index < -0.39 is 36.5 Å². The van der Waals surface area contributed by atoms with E-state index in [1.54, 1.807) is 6.07 Å². The van der Waals surface area contributed by atoms with Gasteiger partial charge in [-0.05, 0) is 66.8 Å². The number of hydrogen-bond donors (Lipinski definition) is 0. The molecule has 8 heteroatoms. The third-order valence-corrected chi connectivity index (χ3v) is 9.09. The number of halogens is 1. The molecule has 0 bridgehead atoms. The number of aryl methyl sites for hydroxylation is 1. The maximum Gasteiger partial charge on any atom is 0.338 e. The molecule has 0 unspecified atom stereocenters. The zero-order valence-corrected chi connectivity index (χ0v) is 30.4. The van der Waals surface area contributed by atoms with Crippen molar-refractivity contribution < 1.29 is 33.2 Å². The molecule has 1 aliphatic heterocycles. The first kappa shape index (κ1) is 39.4. The van der Waals surface area contributed by atoms with E-state index in [9.17, 15) is 4.79 Å². The van der Waals surface area contributed by atoms with Crippen LogP contribution in [-0.4, -0.2) is 70.5 Å². The summed E-state index contributed by atoms with van der Waals surface area (Å²) in [6, 6.07) is 12.3. The summed E-state index contributed by atoms with van der Waals surface area (Å²) in [7, 11) is 1.39. The van der Waals surface area contributed by atoms with E-state index in [4.69, 9.17) is 40.0 Å². The minimum absolute atomic E-state index is 0.348. The van der Waals surface area contributed by atoms with Crippen molar-refractivity contribution in [3.05, 3.63) is 69.2 Å². The molecule has 0 spiro atoms. The number of hydrogen-bond acceptors (Lipinski definition) is 7. The summed E-state index contributed by atoms with van der Waals surface area (Å²) < 4.78 is 38.4. The molecule has 3 rings (SSSR count). The van der Waals surface area contributed by atoms with Crippen LogP contribution < -0.4 is 0 Å². The fraction of sp³-hybridized carbons (Fsp3) is 0.667. The van der Waals surface area contributed by atoms with Crippen molar-refractivity contribution in [2.24, 2.45) is 0 Å². The predicted octanol–water partition coefficient (Wildman–Crippen LogP) is 9.09. The topological polar surface area (TPSA) is 72.5 Å². The summed E-state index contributed by atoms with van der Waals surface area (Å²) >= 11 is 6.88. The van der Waals surface area contributed by atoms with Gasteiger partial charge < -0.3 is 28.4 Å². The number of rotatable bonds is 22. The molecule has 5 atom stereocenters. The second-order valence-corrected chi connectivity index (χ2v) is 12.9. The molecule has 1 fully saturated rings. The molecular formula is C39H59ClO7. The molecule has 47 heavy (non-hydrogen) atoms. The molecule has 264 valence electrons. The number of methoxy groups -OCH3 is 1. The standard InChI is InChI=1S/C39H59ClO7/c1-7-12-20-43-27-34-36(44-21-13-8-2)38(46-23-15-10-4)37(45-22-14-9-3)35(47-34)31-25-30(33(40)26-32(31)39(41)42-6)24-29-18-16-28(11-5)17-19-29/h16-19,25-26,34-38H,7-15,20-24,27H2,1-6H3/t34-,35+,36-,37+,38+/m1/s1. The Morgan fingerprint density at radius 1 is 0.745 bits per heavy atom. The quantitative estimate of drug-likeness (QED) is 0.0911. The monoisotopic (exact) mass is 674 g/mol. The van der Waals surface area contributed by atoms with Gasteiger partial charge in [0, 0.05) is 31.5 Å². The van der Waals surface area contributed by atoms with Crippen molar-refractivity contribution in [2.45, 2.75) is 129 Å². The van der Waals surface area contributed by atoms with E-state index in [0.717, 1.165) is 68.9 Å². The first-order chi connectivity index (χ1) is 22.9. The number of ether oxygens (including phenoxy) is 6. The Morgan fingerprint density at radius 2 is 1.30 bits per heavy atom. The van der Waals surface area contributed by atoms with Crippen molar-refractivity contribution in [2.75, 3.05) is 40.1 Å². The van der Waals surface area contributed by atoms with Crippen LogP contribution in [0.5, 0.6) is 0 Å². The lowest BCUT2D eigenvalue weighted by atomic mass is 9.87. The maximum atomic E-state index is 13.3. The minimum Gasteiger partial charge on any atom is -0.465 e. The van der Waals surface area contributed by atoms with Gasteiger partial charge in [0.25, 0.3) is 0 Å². The largest absolute Gasteiger partial charge is 0.465 e. The Kier molecular flexibility index (Phi) is 18.3. The van der Waals surface area contributed by atoms with Gasteiger partial charge in [0.15, 0.2) is 0 Å². The SMILES string of the molecule is CCCCOC[C@H]1O[C@@H](c2cc(Cc3ccc(CC)cc3)c(Cl)cc2C(=O)OC)[C@H](OCCCC)[C@@H](OCCCC)[C@@H]1OCCCC. The highest BCUT2D eigenvalue weighted by atomic mass is 35.5. The summed E-state index contributed by atoms with van der Waals surface area (Å²) in [5, 5.41) is 0.504. The van der Waals surface area contributed by atoms with Crippen LogP contribution in [-0.2, 0) is 41.3 Å². The molecule has 1 aliphatic rings. The van der Waals surface area contributed by atoms with Crippen molar-refractivity contribution >= 4 is 17.6 Å². The fourth-order valence-electron chi connectivity index (χ4n) is 5.82. The highest BCUT2D eigenvalue weighted by Gasteiger charge is 2.49. The second-order valence-electron chi connectivity index (χ2n) is 12.5. The van der Waals surface area contributed by atoms with Crippen LogP contribution in [0.15, 0.2) is 36.4 Å². The van der Waals surface area contributed by atoms with Crippen molar-refractivity contribution in [1.82, 2.24) is 0 Å². The van der Waals surface area contributed by atoms with E-state index in [0.29, 0.717) is 55.6 Å². The molecule has 2 aromatic carbocycles. The molecular weight excluding hydrogens is 616 g/mol. The molecule has 1 heterocycles. The molecule has 0 radical (unpaired) electrons. The average Bonchev–Trinajstić information content (AvgIpc) is 3.09. The molecule has 7 nitrogen and oxygen atoms in total. The number of benzene rings is 2. The van der Waals surface area contributed by atoms with Crippen LogP contribution in [0.4, 0.5) is 0 Å². The Morgan fingerprint density at radius 3 is 1.87 bits per heavy atom. The number of carbonyl (C=O) groups excluding carboxylic acids is 1. The number of unbranched alkanes of at least 4 members (excludes halogenated alkanes) is 4. The van der Waals surface area contributed by atoms with Crippen LogP contribution in [0.3, 0.4) is 0 Å². The average molecular weight is 675 g/mol. The van der Waals surface area contributed by atoms with Crippen LogP contribution in [0, 0.1) is 0 Å². The van der Waals surface area contributed by atoms with Crippen LogP contribution >= 0.6 is 11.6 Å². The van der Waals surface area contributed by atoms with Gasteiger partial charge in [0.2, 0.25) is 0 Å². The molecule has 0 aliphatic carbocycles. The van der Waals surface area contributed by atoms with Gasteiger partial charge in [0.05, 0.1) is 19.3 Å². The lowest BCUT2D eigenvalue weighted by Crippen LogP contribution is -2.58. The van der Waals surface area contributed by atoms with Gasteiger partial charge in [-0.2, -0.15) is 0 Å². The van der Waals surface area contributed by atoms with Gasteiger partial charge >= 0.3 is 5.97 Å². The molecule has 0 aromatic heterocycles. The molecule has 1 saturated heterocycles. The van der Waals surface area contributed by atoms with Crippen molar-refractivity contribution in [1.29, 1.82) is 0 Å². The summed E-state index contributed by atoms with van der Waals surface area (Å²) in [5.41, 5.74) is 4.35. The van der Waals surface area contributed by atoms with Crippen molar-refractivity contribution in [3.8, 4) is 0 Å². The normalized spacial score (nSPS) is 21.2. The number of carbonyl (C=O) groups is 1. The highest BCUT2D eigenvalue weighted by Crippen LogP contribution is 2.41. The zero-order chi connectivity index (χ0) is 34.0. The van der Waals surface area contributed by atoms with E-state index in [1.165, 1.54) is 12.7 Å². The van der Waals surface area contributed by atoms with E-state index in [-0.39, 0.29) is 0 Å². The summed E-state index contributed by atoms with van der Waals surface area (Å²) in [4.78, 5) is 13.3. The Labute approximate surface area is 288 Å². The summed E-state index contributed by atoms with van der Waals surface area (Å²) in [5.74, 6) is -0.475. The second kappa shape index (κ2) is 21.9. The van der Waals surface area contributed by atoms with E-state index >= 15 is 0 Å². The zero-order valence-electron chi connectivity index (χ0n) is 29.7. The first-order valence-corrected chi connectivity index (χ1v) is 18.4. The fourth-order valence-corrected chi connectivity index (χ4v) is 6.05. The van der Waals surface area contributed by atoms with Crippen LogP contribution in [0.2, 0.25) is 5.02 Å². The summed E-state index contributed by atoms with van der Waals surface area (Å²) in [6.07, 6.45) is 6.89. The van der Waals surface area contributed by atoms with E-state index in [2.05, 4.69) is 58.9 Å². The van der Waals surface area contributed by atoms with Crippen LogP contribution in [0.1, 0.15) is 125 Å². The molecule has 0 amide bonds. The number of esters is 1. The van der Waals surface area contributed by atoms with Gasteiger partial charge in [-0.15, -0.1) is 0 Å². The smallest absolute Gasteiger partial charge is 0.338 e. The third-order valence-electron chi connectivity index (χ3n) is 8.74. The van der Waals surface area contributed by atoms with Gasteiger partial charge in [-0.25, -0.2) is 4.79 Å². The maximum absolute atomic E-state index is 13.3. The molecule has 2 aromatic rings. The minimum atomic E-state index is -0.642. The predicted molar refractivity (Wildman–Crippen MR) is 189 cm³/mol. The Bertz CT molecular complexity index is 1170. The molecule has 0 N–H and O–H groups in total.